The molecular weight excluding hydrogens is 557 g/mol. The fourth-order valence-electron chi connectivity index (χ4n) is 4.65. The molecule has 0 spiro atoms. The number of nitrogens with one attached hydrogen (secondary N) is 2. The Kier molecular flexibility index (Phi) is 12.0. The highest BCUT2D eigenvalue weighted by Gasteiger charge is 2.43. The Morgan fingerprint density at radius 3 is 1.83 bits per heavy atom. The van der Waals surface area contributed by atoms with E-state index in [1.165, 1.54) is 0 Å². The lowest BCUT2D eigenvalue weighted by Gasteiger charge is -2.35. The average Bonchev–Trinajstić information content (AvgIpc) is 2.89. The van der Waals surface area contributed by atoms with Gasteiger partial charge in [-0.2, -0.15) is 0 Å². The van der Waals surface area contributed by atoms with E-state index in [2.05, 4.69) is 15.4 Å². The first kappa shape index (κ1) is 35.1. The number of benzene rings is 2. The van der Waals surface area contributed by atoms with Crippen molar-refractivity contribution in [1.29, 1.82) is 0 Å². The molecule has 11 heteroatoms. The maximum atomic E-state index is 14.3. The first-order chi connectivity index (χ1) is 19.5. The summed E-state index contributed by atoms with van der Waals surface area (Å²) in [7, 11) is -3.76. The van der Waals surface area contributed by atoms with Crippen LogP contribution in [0.5, 0.6) is 5.75 Å². The number of carbonyl (C=O) groups excluding carboxylic acids is 2. The van der Waals surface area contributed by atoms with Crippen LogP contribution in [0.15, 0.2) is 35.5 Å². The molecule has 0 amide bonds. The number of aryl methyl sites for hydroxylation is 2. The van der Waals surface area contributed by atoms with E-state index in [-0.39, 0.29) is 25.5 Å². The molecule has 42 heavy (non-hydrogen) atoms. The Bertz CT molecular complexity index is 1280. The Labute approximate surface area is 249 Å². The topological polar surface area (TPSA) is 132 Å². The van der Waals surface area contributed by atoms with Gasteiger partial charge in [0.1, 0.15) is 22.5 Å². The third-order valence-electron chi connectivity index (χ3n) is 6.77. The zero-order valence-corrected chi connectivity index (χ0v) is 27.4. The van der Waals surface area contributed by atoms with E-state index in [4.69, 9.17) is 14.2 Å². The minimum Gasteiger partial charge on any atom is -0.483 e. The van der Waals surface area contributed by atoms with Gasteiger partial charge in [-0.1, -0.05) is 26.0 Å². The van der Waals surface area contributed by atoms with Crippen LogP contribution in [-0.4, -0.2) is 42.6 Å². The van der Waals surface area contributed by atoms with Gasteiger partial charge in [0.05, 0.1) is 13.2 Å². The van der Waals surface area contributed by atoms with Gasteiger partial charge in [0.15, 0.2) is 6.35 Å². The lowest BCUT2D eigenvalue weighted by molar-refractivity contribution is -0.149. The largest absolute Gasteiger partial charge is 0.483 e. The molecule has 0 saturated carbocycles. The van der Waals surface area contributed by atoms with Crippen molar-refractivity contribution in [2.75, 3.05) is 19.6 Å². The van der Waals surface area contributed by atoms with Crippen molar-refractivity contribution in [3.63, 3.8) is 0 Å². The standard InChI is InChI=1S/C31H46N3O7P/c1-11-39-28(35)30(7,8)33-42(38,34-31(9,10)29(36)40-12-2)19-41-24-15-21(5)26(22(6)16-24)18-23-13-14-27(32-37)25(17-23)20(3)4/h13-17,20H,11-12,18-19H2,1-10H3,(H2,33,34,38). The van der Waals surface area contributed by atoms with Crippen LogP contribution < -0.4 is 14.9 Å². The van der Waals surface area contributed by atoms with Gasteiger partial charge in [0.25, 0.3) is 0 Å². The van der Waals surface area contributed by atoms with E-state index in [1.54, 1.807) is 47.6 Å². The summed E-state index contributed by atoms with van der Waals surface area (Å²) < 4.78 is 30.6. The number of nitroso groups, excluding NO2 is 1. The van der Waals surface area contributed by atoms with Gasteiger partial charge in [-0.05, 0) is 119 Å². The monoisotopic (exact) mass is 603 g/mol. The summed E-state index contributed by atoms with van der Waals surface area (Å²) >= 11 is 0. The highest BCUT2D eigenvalue weighted by Crippen LogP contribution is 2.42. The maximum Gasteiger partial charge on any atom is 0.326 e. The summed E-state index contributed by atoms with van der Waals surface area (Å²) in [5.41, 5.74) is 2.80. The predicted molar refractivity (Wildman–Crippen MR) is 166 cm³/mol. The van der Waals surface area contributed by atoms with Crippen molar-refractivity contribution < 1.29 is 28.4 Å². The summed E-state index contributed by atoms with van der Waals surface area (Å²) in [5, 5.41) is 8.92. The van der Waals surface area contributed by atoms with Crippen LogP contribution in [0.2, 0.25) is 0 Å². The number of rotatable bonds is 15. The molecule has 0 aliphatic rings. The quantitative estimate of drug-likeness (QED) is 0.128. The molecule has 0 aromatic heterocycles. The predicted octanol–water partition coefficient (Wildman–Crippen LogP) is 6.81. The Hall–Kier alpha value is -3.07. The number of nitrogens with zero attached hydrogens (tertiary/aromatic N) is 1. The van der Waals surface area contributed by atoms with Gasteiger partial charge in [-0.15, -0.1) is 4.91 Å². The van der Waals surface area contributed by atoms with Crippen molar-refractivity contribution in [2.24, 2.45) is 5.18 Å². The first-order valence-corrected chi connectivity index (χ1v) is 16.1. The summed E-state index contributed by atoms with van der Waals surface area (Å²) in [6.45, 7) is 17.9. The van der Waals surface area contributed by atoms with Crippen molar-refractivity contribution in [3.05, 3.63) is 63.1 Å². The Morgan fingerprint density at radius 1 is 0.905 bits per heavy atom. The lowest BCUT2D eigenvalue weighted by Crippen LogP contribution is -2.54. The Balaban J connectivity index is 2.35. The molecule has 2 aromatic rings. The molecule has 2 N–H and O–H groups in total. The second kappa shape index (κ2) is 14.4. The second-order valence-electron chi connectivity index (χ2n) is 11.8. The van der Waals surface area contributed by atoms with E-state index >= 15 is 0 Å². The molecule has 10 nitrogen and oxygen atoms in total. The molecule has 0 bridgehead atoms. The molecule has 0 fully saturated rings. The van der Waals surface area contributed by atoms with Gasteiger partial charge in [0.2, 0.25) is 7.44 Å². The van der Waals surface area contributed by atoms with Crippen LogP contribution in [-0.2, 0) is 30.0 Å². The van der Waals surface area contributed by atoms with Crippen LogP contribution in [0.4, 0.5) is 5.69 Å². The highest BCUT2D eigenvalue weighted by atomic mass is 31.2. The number of ether oxygens (including phenoxy) is 3. The van der Waals surface area contributed by atoms with Crippen LogP contribution in [0.1, 0.15) is 89.1 Å². The molecule has 0 unspecified atom stereocenters. The highest BCUT2D eigenvalue weighted by molar-refractivity contribution is 7.59. The Morgan fingerprint density at radius 2 is 1.40 bits per heavy atom. The summed E-state index contributed by atoms with van der Waals surface area (Å²) in [4.78, 5) is 36.4. The SMILES string of the molecule is CCOC(=O)C(C)(C)NP(=O)(COc1cc(C)c(Cc2ccc(N=O)c(C(C)C)c2)c(C)c1)NC(C)(C)C(=O)OCC. The smallest absolute Gasteiger partial charge is 0.326 e. The van der Waals surface area contributed by atoms with E-state index < -0.39 is 30.5 Å². The van der Waals surface area contributed by atoms with Crippen LogP contribution in [0.3, 0.4) is 0 Å². The number of carbonyl (C=O) groups is 2. The van der Waals surface area contributed by atoms with Crippen LogP contribution in [0.25, 0.3) is 0 Å². The van der Waals surface area contributed by atoms with Gasteiger partial charge >= 0.3 is 11.9 Å². The fourth-order valence-corrected chi connectivity index (χ4v) is 7.16. The third-order valence-corrected chi connectivity index (χ3v) is 9.10. The molecule has 0 aliphatic carbocycles. The molecule has 2 rings (SSSR count). The molecule has 232 valence electrons. The fraction of sp³-hybridized carbons (Fsp3) is 0.548. The van der Waals surface area contributed by atoms with Gasteiger partial charge < -0.3 is 14.2 Å². The number of esters is 2. The maximum absolute atomic E-state index is 14.3. The molecule has 0 radical (unpaired) electrons. The number of hydrogen-bond acceptors (Lipinski definition) is 8. The lowest BCUT2D eigenvalue weighted by atomic mass is 9.92. The third kappa shape index (κ3) is 9.21. The molecule has 0 heterocycles. The minimum absolute atomic E-state index is 0.161. The second-order valence-corrected chi connectivity index (χ2v) is 14.0. The van der Waals surface area contributed by atoms with Crippen molar-refractivity contribution in [3.8, 4) is 5.75 Å². The van der Waals surface area contributed by atoms with Crippen LogP contribution in [0, 0.1) is 18.8 Å². The molecule has 0 aliphatic heterocycles. The minimum atomic E-state index is -3.76. The van der Waals surface area contributed by atoms with Gasteiger partial charge in [-0.25, -0.2) is 10.2 Å². The summed E-state index contributed by atoms with van der Waals surface area (Å²) in [6.07, 6.45) is 0.300. The average molecular weight is 604 g/mol. The van der Waals surface area contributed by atoms with E-state index in [0.717, 1.165) is 27.8 Å². The zero-order chi connectivity index (χ0) is 31.9. The van der Waals surface area contributed by atoms with E-state index in [1.807, 2.05) is 52.0 Å². The molecule has 0 saturated heterocycles. The summed E-state index contributed by atoms with van der Waals surface area (Å²) in [5.74, 6) is -0.524. The van der Waals surface area contributed by atoms with E-state index in [0.29, 0.717) is 17.9 Å². The van der Waals surface area contributed by atoms with E-state index in [9.17, 15) is 19.1 Å². The summed E-state index contributed by atoms with van der Waals surface area (Å²) in [6, 6.07) is 9.42. The molecular formula is C31H46N3O7P. The zero-order valence-electron chi connectivity index (χ0n) is 26.5. The number of hydrogen-bond donors (Lipinski definition) is 2. The normalized spacial score (nSPS) is 12.3. The van der Waals surface area contributed by atoms with Crippen LogP contribution >= 0.6 is 7.44 Å². The molecule has 2 aromatic carbocycles. The van der Waals surface area contributed by atoms with Crippen molar-refractivity contribution in [2.45, 2.75) is 92.7 Å². The van der Waals surface area contributed by atoms with Crippen molar-refractivity contribution >= 4 is 25.1 Å². The van der Waals surface area contributed by atoms with Gasteiger partial charge in [0, 0.05) is 0 Å². The van der Waals surface area contributed by atoms with Gasteiger partial charge in [-0.3, -0.25) is 14.2 Å². The first-order valence-electron chi connectivity index (χ1n) is 14.2. The molecule has 0 atom stereocenters. The van der Waals surface area contributed by atoms with Crippen molar-refractivity contribution in [1.82, 2.24) is 10.2 Å².